The van der Waals surface area contributed by atoms with Gasteiger partial charge in [-0.3, -0.25) is 4.79 Å². The lowest BCUT2D eigenvalue weighted by molar-refractivity contribution is -0.141. The molecular weight excluding hydrogens is 206 g/mol. The summed E-state index contributed by atoms with van der Waals surface area (Å²) in [7, 11) is 0. The van der Waals surface area contributed by atoms with Crippen LogP contribution >= 0.6 is 0 Å². The van der Waals surface area contributed by atoms with Crippen LogP contribution in [0, 0.1) is 5.92 Å². The summed E-state index contributed by atoms with van der Waals surface area (Å²) in [6.07, 6.45) is 1.23. The zero-order chi connectivity index (χ0) is 12.6. The number of ether oxygens (including phenoxy) is 1. The van der Waals surface area contributed by atoms with E-state index in [-0.39, 0.29) is 12.0 Å². The smallest absolute Gasteiger partial charge is 0.307 e. The van der Waals surface area contributed by atoms with Gasteiger partial charge in [0, 0.05) is 19.7 Å². The quantitative estimate of drug-likeness (QED) is 0.615. The Kier molecular flexibility index (Phi) is 8.21. The number of carboxylic acid groups (broad SMARTS) is 1. The Morgan fingerprint density at radius 3 is 2.44 bits per heavy atom. The molecule has 0 aromatic heterocycles. The van der Waals surface area contributed by atoms with Crippen molar-refractivity contribution < 1.29 is 14.6 Å². The molecule has 0 amide bonds. The third kappa shape index (κ3) is 7.65. The van der Waals surface area contributed by atoms with E-state index in [1.54, 1.807) is 6.92 Å². The highest BCUT2D eigenvalue weighted by Crippen LogP contribution is 2.01. The number of rotatable bonds is 9. The highest BCUT2D eigenvalue weighted by atomic mass is 16.5. The van der Waals surface area contributed by atoms with Gasteiger partial charge in [0.1, 0.15) is 0 Å². The zero-order valence-corrected chi connectivity index (χ0v) is 10.9. The molecule has 4 heteroatoms. The predicted octanol–water partition coefficient (Wildman–Crippen LogP) is 1.84. The minimum Gasteiger partial charge on any atom is -0.481 e. The molecule has 4 nitrogen and oxygen atoms in total. The first-order valence-corrected chi connectivity index (χ1v) is 6.04. The van der Waals surface area contributed by atoms with Gasteiger partial charge in [0.2, 0.25) is 0 Å². The first kappa shape index (κ1) is 15.4. The molecule has 0 bridgehead atoms. The molecule has 1 atom stereocenters. The molecule has 0 aliphatic carbocycles. The maximum absolute atomic E-state index is 10.7. The van der Waals surface area contributed by atoms with E-state index in [1.807, 2.05) is 13.8 Å². The number of carboxylic acids is 1. The van der Waals surface area contributed by atoms with Gasteiger partial charge in [-0.05, 0) is 26.8 Å². The van der Waals surface area contributed by atoms with Crippen LogP contribution in [0.4, 0.5) is 0 Å². The van der Waals surface area contributed by atoms with Gasteiger partial charge in [0.25, 0.3) is 0 Å². The second-order valence-electron chi connectivity index (χ2n) is 4.41. The topological polar surface area (TPSA) is 49.8 Å². The number of nitrogens with zero attached hydrogens (tertiary/aromatic N) is 1. The van der Waals surface area contributed by atoms with Crippen LogP contribution in [-0.2, 0) is 9.53 Å². The van der Waals surface area contributed by atoms with Gasteiger partial charge in [-0.15, -0.1) is 0 Å². The predicted molar refractivity (Wildman–Crippen MR) is 64.6 cm³/mol. The van der Waals surface area contributed by atoms with Crippen molar-refractivity contribution in [3.63, 3.8) is 0 Å². The molecule has 96 valence electrons. The molecule has 0 saturated carbocycles. The molecule has 0 aromatic rings. The Balaban J connectivity index is 3.71. The summed E-state index contributed by atoms with van der Waals surface area (Å²) in [5.41, 5.74) is 0. The second-order valence-corrected chi connectivity index (χ2v) is 4.41. The lowest BCUT2D eigenvalue weighted by Crippen LogP contribution is -2.33. The van der Waals surface area contributed by atoms with Crippen LogP contribution in [-0.4, -0.2) is 48.3 Å². The molecule has 16 heavy (non-hydrogen) atoms. The summed E-state index contributed by atoms with van der Waals surface area (Å²) >= 11 is 0. The number of carbonyl (C=O) groups is 1. The van der Waals surface area contributed by atoms with Crippen molar-refractivity contribution in [1.29, 1.82) is 0 Å². The Morgan fingerprint density at radius 2 is 2.00 bits per heavy atom. The van der Waals surface area contributed by atoms with E-state index in [4.69, 9.17) is 9.84 Å². The molecule has 0 saturated heterocycles. The first-order chi connectivity index (χ1) is 7.47. The highest BCUT2D eigenvalue weighted by molar-refractivity contribution is 5.69. The van der Waals surface area contributed by atoms with Crippen LogP contribution in [0.25, 0.3) is 0 Å². The fraction of sp³-hybridized carbons (Fsp3) is 0.917. The van der Waals surface area contributed by atoms with E-state index >= 15 is 0 Å². The third-order valence-electron chi connectivity index (χ3n) is 2.47. The standard InChI is InChI=1S/C12H25NO3/c1-5-13(9-11(4)12(14)15)7-6-8-16-10(2)3/h10-11H,5-9H2,1-4H3,(H,14,15). The summed E-state index contributed by atoms with van der Waals surface area (Å²) in [6.45, 7) is 11.0. The van der Waals surface area contributed by atoms with Gasteiger partial charge in [0.05, 0.1) is 12.0 Å². The lowest BCUT2D eigenvalue weighted by Gasteiger charge is -2.22. The van der Waals surface area contributed by atoms with Crippen molar-refractivity contribution >= 4 is 5.97 Å². The summed E-state index contributed by atoms with van der Waals surface area (Å²) in [6, 6.07) is 0. The molecule has 0 aliphatic heterocycles. The van der Waals surface area contributed by atoms with E-state index in [0.717, 1.165) is 26.1 Å². The summed E-state index contributed by atoms with van der Waals surface area (Å²) in [5.74, 6) is -1.03. The molecule has 0 rings (SSSR count). The Labute approximate surface area is 98.6 Å². The van der Waals surface area contributed by atoms with Gasteiger partial charge in [-0.2, -0.15) is 0 Å². The van der Waals surface area contributed by atoms with Gasteiger partial charge in [-0.25, -0.2) is 0 Å². The van der Waals surface area contributed by atoms with Gasteiger partial charge in [-0.1, -0.05) is 13.8 Å². The second kappa shape index (κ2) is 8.53. The molecule has 0 fully saturated rings. The molecule has 1 unspecified atom stereocenters. The van der Waals surface area contributed by atoms with Crippen molar-refractivity contribution in [3.8, 4) is 0 Å². The molecular formula is C12H25NO3. The maximum Gasteiger partial charge on any atom is 0.307 e. The third-order valence-corrected chi connectivity index (χ3v) is 2.47. The fourth-order valence-corrected chi connectivity index (χ4v) is 1.45. The Bertz CT molecular complexity index is 195. The van der Waals surface area contributed by atoms with Crippen LogP contribution in [0.5, 0.6) is 0 Å². The van der Waals surface area contributed by atoms with Crippen LogP contribution in [0.15, 0.2) is 0 Å². The molecule has 1 N–H and O–H groups in total. The lowest BCUT2D eigenvalue weighted by atomic mass is 10.1. The largest absolute Gasteiger partial charge is 0.481 e. The van der Waals surface area contributed by atoms with E-state index in [1.165, 1.54) is 0 Å². The molecule has 0 aromatic carbocycles. The van der Waals surface area contributed by atoms with Crippen molar-refractivity contribution in [2.45, 2.75) is 40.2 Å². The molecule has 0 radical (unpaired) electrons. The van der Waals surface area contributed by atoms with E-state index < -0.39 is 5.97 Å². The van der Waals surface area contributed by atoms with Crippen molar-refractivity contribution in [3.05, 3.63) is 0 Å². The van der Waals surface area contributed by atoms with Crippen molar-refractivity contribution in [1.82, 2.24) is 4.90 Å². The average molecular weight is 231 g/mol. The molecule has 0 aliphatic rings. The van der Waals surface area contributed by atoms with Crippen molar-refractivity contribution in [2.75, 3.05) is 26.2 Å². The van der Waals surface area contributed by atoms with Crippen LogP contribution in [0.1, 0.15) is 34.1 Å². The summed E-state index contributed by atoms with van der Waals surface area (Å²) in [4.78, 5) is 12.9. The van der Waals surface area contributed by atoms with Crippen LogP contribution < -0.4 is 0 Å². The zero-order valence-electron chi connectivity index (χ0n) is 10.9. The fourth-order valence-electron chi connectivity index (χ4n) is 1.45. The van der Waals surface area contributed by atoms with Crippen molar-refractivity contribution in [2.24, 2.45) is 5.92 Å². The average Bonchev–Trinajstić information content (AvgIpc) is 2.21. The van der Waals surface area contributed by atoms with E-state index in [9.17, 15) is 4.79 Å². The highest BCUT2D eigenvalue weighted by Gasteiger charge is 2.14. The summed E-state index contributed by atoms with van der Waals surface area (Å²) < 4.78 is 5.45. The monoisotopic (exact) mass is 231 g/mol. The van der Waals surface area contributed by atoms with Gasteiger partial charge in [0.15, 0.2) is 0 Å². The van der Waals surface area contributed by atoms with Crippen LogP contribution in [0.3, 0.4) is 0 Å². The summed E-state index contributed by atoms with van der Waals surface area (Å²) in [5, 5.41) is 8.82. The molecule has 0 heterocycles. The minimum absolute atomic E-state index is 0.271. The van der Waals surface area contributed by atoms with Gasteiger partial charge >= 0.3 is 5.97 Å². The Hall–Kier alpha value is -0.610. The SMILES string of the molecule is CCN(CCCOC(C)C)CC(C)C(=O)O. The van der Waals surface area contributed by atoms with E-state index in [0.29, 0.717) is 6.54 Å². The Morgan fingerprint density at radius 1 is 1.38 bits per heavy atom. The van der Waals surface area contributed by atoms with Gasteiger partial charge < -0.3 is 14.7 Å². The number of aliphatic carboxylic acids is 1. The molecule has 0 spiro atoms. The number of hydrogen-bond donors (Lipinski definition) is 1. The van der Waals surface area contributed by atoms with Crippen LogP contribution in [0.2, 0.25) is 0 Å². The van der Waals surface area contributed by atoms with E-state index in [2.05, 4.69) is 11.8 Å². The maximum atomic E-state index is 10.7. The minimum atomic E-state index is -0.725. The number of hydrogen-bond acceptors (Lipinski definition) is 3. The first-order valence-electron chi connectivity index (χ1n) is 6.04. The normalized spacial score (nSPS) is 13.4.